The quantitative estimate of drug-likeness (QED) is 0.213. The summed E-state index contributed by atoms with van der Waals surface area (Å²) in [4.78, 5) is 15.9. The average molecular weight is 638 g/mol. The SMILES string of the molecule is COc1ccc(F)cc1C1(O)C(O)CC(c2ccccc2)(c2ccccc2)C2CN(C(=O)CCC[N+](C)(C)Cc3ccccc3)CC21. The molecule has 2 fully saturated rings. The van der Waals surface area contributed by atoms with Crippen molar-refractivity contribution in [1.29, 1.82) is 0 Å². The highest BCUT2D eigenvalue weighted by molar-refractivity contribution is 5.76. The Balaban J connectivity index is 1.35. The van der Waals surface area contributed by atoms with Crippen molar-refractivity contribution in [2.45, 2.75) is 42.9 Å². The van der Waals surface area contributed by atoms with Gasteiger partial charge in [-0.1, -0.05) is 91.0 Å². The van der Waals surface area contributed by atoms with E-state index in [1.807, 2.05) is 59.5 Å². The number of rotatable bonds is 10. The second-order valence-electron chi connectivity index (χ2n) is 14.0. The van der Waals surface area contributed by atoms with Crippen LogP contribution in [0.1, 0.15) is 41.5 Å². The molecule has 1 aliphatic heterocycles. The van der Waals surface area contributed by atoms with Crippen molar-refractivity contribution in [3.63, 3.8) is 0 Å². The molecule has 1 heterocycles. The molecule has 2 aliphatic rings. The highest BCUT2D eigenvalue weighted by Crippen LogP contribution is 2.60. The van der Waals surface area contributed by atoms with Crippen LogP contribution in [-0.4, -0.2) is 72.4 Å². The van der Waals surface area contributed by atoms with E-state index in [4.69, 9.17) is 4.74 Å². The number of quaternary nitrogens is 1. The van der Waals surface area contributed by atoms with Gasteiger partial charge < -0.3 is 24.3 Å². The number of likely N-dealkylation sites (tertiary alicyclic amines) is 1. The summed E-state index contributed by atoms with van der Waals surface area (Å²) in [7, 11) is 5.85. The largest absolute Gasteiger partial charge is 0.496 e. The van der Waals surface area contributed by atoms with Gasteiger partial charge in [0, 0.05) is 48.4 Å². The van der Waals surface area contributed by atoms with Gasteiger partial charge in [-0.15, -0.1) is 0 Å². The zero-order valence-electron chi connectivity index (χ0n) is 27.6. The number of ether oxygens (including phenoxy) is 1. The molecular weight excluding hydrogens is 591 g/mol. The lowest BCUT2D eigenvalue weighted by atomic mass is 9.51. The van der Waals surface area contributed by atoms with E-state index in [2.05, 4.69) is 50.5 Å². The van der Waals surface area contributed by atoms with Crippen LogP contribution < -0.4 is 4.74 Å². The topological polar surface area (TPSA) is 70.0 Å². The molecule has 4 unspecified atom stereocenters. The standard InChI is InChI=1S/C40H46FN2O4/c1-43(2,28-29-14-7-4-8-15-29)23-13-20-38(45)42-26-34-35(27-42)40(46,33-24-32(41)21-22-36(33)47-3)37(44)25-39(34,30-16-9-5-10-17-30)31-18-11-6-12-19-31/h4-12,14-19,21-22,24,34-35,37,44,46H,13,20,23,25-28H2,1-3H3/q+1. The molecule has 246 valence electrons. The van der Waals surface area contributed by atoms with Crippen LogP contribution in [-0.2, 0) is 22.4 Å². The van der Waals surface area contributed by atoms with E-state index in [-0.39, 0.29) is 30.4 Å². The molecule has 4 atom stereocenters. The lowest BCUT2D eigenvalue weighted by molar-refractivity contribution is -0.903. The molecule has 0 bridgehead atoms. The minimum Gasteiger partial charge on any atom is -0.496 e. The maximum Gasteiger partial charge on any atom is 0.222 e. The summed E-state index contributed by atoms with van der Waals surface area (Å²) in [6.07, 6.45) is 0.0125. The number of amides is 1. The number of aliphatic hydroxyl groups excluding tert-OH is 1. The molecule has 0 spiro atoms. The number of carbonyl (C=O) groups is 1. The van der Waals surface area contributed by atoms with Gasteiger partial charge in [0.15, 0.2) is 0 Å². The Morgan fingerprint density at radius 1 is 0.894 bits per heavy atom. The smallest absolute Gasteiger partial charge is 0.222 e. The van der Waals surface area contributed by atoms with E-state index >= 15 is 0 Å². The summed E-state index contributed by atoms with van der Waals surface area (Å²) >= 11 is 0. The van der Waals surface area contributed by atoms with Gasteiger partial charge in [0.05, 0.1) is 33.9 Å². The zero-order chi connectivity index (χ0) is 33.2. The van der Waals surface area contributed by atoms with Gasteiger partial charge in [0.25, 0.3) is 0 Å². The number of benzene rings is 4. The highest BCUT2D eigenvalue weighted by atomic mass is 19.1. The molecule has 6 nitrogen and oxygen atoms in total. The number of aliphatic hydroxyl groups is 2. The second-order valence-corrected chi connectivity index (χ2v) is 14.0. The number of nitrogens with zero attached hydrogens (tertiary/aromatic N) is 2. The molecule has 47 heavy (non-hydrogen) atoms. The van der Waals surface area contributed by atoms with E-state index in [1.54, 1.807) is 0 Å². The Labute approximate surface area is 277 Å². The number of fused-ring (bicyclic) bond motifs is 1. The fourth-order valence-corrected chi connectivity index (χ4v) is 8.46. The summed E-state index contributed by atoms with van der Waals surface area (Å²) in [5.74, 6) is -1.07. The van der Waals surface area contributed by atoms with Crippen LogP contribution in [0.5, 0.6) is 5.75 Å². The van der Waals surface area contributed by atoms with Crippen molar-refractivity contribution in [2.75, 3.05) is 40.8 Å². The van der Waals surface area contributed by atoms with E-state index in [0.717, 1.165) is 35.1 Å². The third-order valence-corrected chi connectivity index (χ3v) is 10.7. The molecule has 0 radical (unpaired) electrons. The summed E-state index contributed by atoms with van der Waals surface area (Å²) in [5, 5.41) is 24.9. The maximum atomic E-state index is 14.8. The van der Waals surface area contributed by atoms with Gasteiger partial charge in [-0.3, -0.25) is 4.79 Å². The number of methoxy groups -OCH3 is 1. The highest BCUT2D eigenvalue weighted by Gasteiger charge is 2.65. The van der Waals surface area contributed by atoms with Crippen LogP contribution in [0.15, 0.2) is 109 Å². The van der Waals surface area contributed by atoms with Gasteiger partial charge in [0.2, 0.25) is 5.91 Å². The fourth-order valence-electron chi connectivity index (χ4n) is 8.46. The Bertz CT molecular complexity index is 1630. The van der Waals surface area contributed by atoms with E-state index < -0.39 is 28.9 Å². The number of hydrogen-bond donors (Lipinski definition) is 2. The van der Waals surface area contributed by atoms with Gasteiger partial charge in [-0.2, -0.15) is 0 Å². The number of hydrogen-bond acceptors (Lipinski definition) is 4. The molecule has 2 N–H and O–H groups in total. The second kappa shape index (κ2) is 13.2. The monoisotopic (exact) mass is 637 g/mol. The van der Waals surface area contributed by atoms with Crippen molar-refractivity contribution < 1.29 is 28.6 Å². The van der Waals surface area contributed by atoms with Gasteiger partial charge in [-0.25, -0.2) is 4.39 Å². The Kier molecular flexibility index (Phi) is 9.25. The van der Waals surface area contributed by atoms with E-state index in [1.165, 1.54) is 30.9 Å². The number of carbonyl (C=O) groups excluding carboxylic acids is 1. The number of halogens is 1. The summed E-state index contributed by atoms with van der Waals surface area (Å²) in [5.41, 5.74) is 0.950. The Morgan fingerprint density at radius 3 is 2.06 bits per heavy atom. The van der Waals surface area contributed by atoms with Crippen molar-refractivity contribution in [1.82, 2.24) is 4.90 Å². The maximum absolute atomic E-state index is 14.8. The first-order valence-corrected chi connectivity index (χ1v) is 16.6. The van der Waals surface area contributed by atoms with Crippen LogP contribution in [0.4, 0.5) is 4.39 Å². The van der Waals surface area contributed by atoms with E-state index in [0.29, 0.717) is 18.7 Å². The van der Waals surface area contributed by atoms with E-state index in [9.17, 15) is 19.4 Å². The van der Waals surface area contributed by atoms with Crippen LogP contribution in [0.2, 0.25) is 0 Å². The fraction of sp³-hybridized carbons (Fsp3) is 0.375. The molecule has 4 aromatic carbocycles. The normalized spacial score (nSPS) is 23.7. The van der Waals surface area contributed by atoms with Crippen molar-refractivity contribution in [3.05, 3.63) is 137 Å². The van der Waals surface area contributed by atoms with Gasteiger partial charge in [-0.05, 0) is 41.7 Å². The molecule has 0 aromatic heterocycles. The van der Waals surface area contributed by atoms with Crippen molar-refractivity contribution >= 4 is 5.91 Å². The molecule has 1 aliphatic carbocycles. The van der Waals surface area contributed by atoms with Crippen LogP contribution in [0.3, 0.4) is 0 Å². The molecule has 4 aromatic rings. The van der Waals surface area contributed by atoms with Crippen LogP contribution in [0.25, 0.3) is 0 Å². The minimum absolute atomic E-state index is 0.0252. The molecule has 1 saturated carbocycles. The first-order valence-electron chi connectivity index (χ1n) is 16.6. The first-order chi connectivity index (χ1) is 22.6. The average Bonchev–Trinajstić information content (AvgIpc) is 3.54. The molecule has 7 heteroatoms. The Morgan fingerprint density at radius 2 is 1.47 bits per heavy atom. The lowest BCUT2D eigenvalue weighted by Gasteiger charge is -2.55. The predicted molar refractivity (Wildman–Crippen MR) is 181 cm³/mol. The first kappa shape index (κ1) is 32.9. The zero-order valence-corrected chi connectivity index (χ0v) is 27.6. The molecule has 6 rings (SSSR count). The van der Waals surface area contributed by atoms with Gasteiger partial charge in [0.1, 0.15) is 23.7 Å². The molecular formula is C40H46FN2O4+. The van der Waals surface area contributed by atoms with Crippen LogP contribution in [0, 0.1) is 17.7 Å². The summed E-state index contributed by atoms with van der Waals surface area (Å²) < 4.78 is 21.2. The molecule has 1 amide bonds. The Hall–Kier alpha value is -4.04. The minimum atomic E-state index is -1.85. The van der Waals surface area contributed by atoms with Crippen LogP contribution >= 0.6 is 0 Å². The molecule has 1 saturated heterocycles. The van der Waals surface area contributed by atoms with Crippen molar-refractivity contribution in [3.8, 4) is 5.75 Å². The lowest BCUT2D eigenvalue weighted by Crippen LogP contribution is -2.60. The predicted octanol–water partition coefficient (Wildman–Crippen LogP) is 5.90. The third kappa shape index (κ3) is 6.20. The van der Waals surface area contributed by atoms with Gasteiger partial charge >= 0.3 is 0 Å². The third-order valence-electron chi connectivity index (χ3n) is 10.7. The summed E-state index contributed by atoms with van der Waals surface area (Å²) in [6, 6.07) is 34.6. The summed E-state index contributed by atoms with van der Waals surface area (Å²) in [6.45, 7) is 2.35. The van der Waals surface area contributed by atoms with Crippen molar-refractivity contribution in [2.24, 2.45) is 11.8 Å².